The molecule has 5 heteroatoms. The van der Waals surface area contributed by atoms with Gasteiger partial charge in [-0.05, 0) is 70.6 Å². The van der Waals surface area contributed by atoms with Crippen molar-refractivity contribution in [1.82, 2.24) is 0 Å². The molecule has 0 bridgehead atoms. The third-order valence-corrected chi connectivity index (χ3v) is 7.16. The fourth-order valence-corrected chi connectivity index (χ4v) is 4.52. The average molecular weight is 577 g/mol. The zero-order chi connectivity index (χ0) is 30.1. The van der Waals surface area contributed by atoms with Crippen molar-refractivity contribution in [2.24, 2.45) is 0 Å². The minimum atomic E-state index is -0.778. The highest BCUT2D eigenvalue weighted by Gasteiger charge is 2.16. The number of aliphatic hydroxyl groups excluding tert-OH is 1. The lowest BCUT2D eigenvalue weighted by atomic mass is 10.1. The summed E-state index contributed by atoms with van der Waals surface area (Å²) < 4.78 is 10.5. The summed E-state index contributed by atoms with van der Waals surface area (Å²) in [6.45, 7) is 4.05. The van der Waals surface area contributed by atoms with Gasteiger partial charge in [0.05, 0.1) is 6.61 Å². The third-order valence-electron chi connectivity index (χ3n) is 7.16. The van der Waals surface area contributed by atoms with Crippen LogP contribution in [0.4, 0.5) is 0 Å². The molecule has 0 spiro atoms. The van der Waals surface area contributed by atoms with Crippen molar-refractivity contribution >= 4 is 11.9 Å². The van der Waals surface area contributed by atoms with E-state index in [2.05, 4.69) is 50.3 Å². The van der Waals surface area contributed by atoms with Gasteiger partial charge in [-0.3, -0.25) is 9.59 Å². The molecule has 0 saturated heterocycles. The summed E-state index contributed by atoms with van der Waals surface area (Å²) in [5.74, 6) is -0.621. The maximum absolute atomic E-state index is 12.1. The molecule has 0 aliphatic carbocycles. The first-order valence-electron chi connectivity index (χ1n) is 17.0. The molecule has 0 unspecified atom stereocenters. The highest BCUT2D eigenvalue weighted by molar-refractivity contribution is 5.70. The highest BCUT2D eigenvalue weighted by atomic mass is 16.6. The van der Waals surface area contributed by atoms with Gasteiger partial charge in [0, 0.05) is 12.8 Å². The Balaban J connectivity index is 3.63. The van der Waals surface area contributed by atoms with Gasteiger partial charge in [0.15, 0.2) is 6.10 Å². The number of unbranched alkanes of at least 4 members (excludes halogenated alkanes) is 16. The lowest BCUT2D eigenvalue weighted by Crippen LogP contribution is -2.28. The molecule has 0 radical (unpaired) electrons. The number of carbonyl (C=O) groups excluding carboxylic acids is 2. The van der Waals surface area contributed by atoms with Gasteiger partial charge < -0.3 is 14.6 Å². The normalized spacial score (nSPS) is 12.6. The maximum Gasteiger partial charge on any atom is 0.306 e. The Bertz CT molecular complexity index is 667. The topological polar surface area (TPSA) is 72.8 Å². The summed E-state index contributed by atoms with van der Waals surface area (Å²) in [6, 6.07) is 0. The molecule has 0 aromatic carbocycles. The molecule has 0 aliphatic heterocycles. The van der Waals surface area contributed by atoms with Crippen LogP contribution in [0.1, 0.15) is 162 Å². The van der Waals surface area contributed by atoms with Gasteiger partial charge in [0.25, 0.3) is 0 Å². The van der Waals surface area contributed by atoms with Gasteiger partial charge in [0.1, 0.15) is 6.61 Å². The molecule has 0 rings (SSSR count). The third kappa shape index (κ3) is 30.9. The van der Waals surface area contributed by atoms with Crippen LogP contribution in [-0.2, 0) is 19.1 Å². The van der Waals surface area contributed by atoms with E-state index in [9.17, 15) is 14.7 Å². The van der Waals surface area contributed by atoms with E-state index < -0.39 is 6.10 Å². The van der Waals surface area contributed by atoms with E-state index >= 15 is 0 Å². The quantitative estimate of drug-likeness (QED) is 0.0523. The lowest BCUT2D eigenvalue weighted by Gasteiger charge is -2.15. The molecule has 0 fully saturated rings. The van der Waals surface area contributed by atoms with E-state index in [0.717, 1.165) is 64.2 Å². The van der Waals surface area contributed by atoms with Crippen LogP contribution in [0.3, 0.4) is 0 Å². The predicted molar refractivity (Wildman–Crippen MR) is 173 cm³/mol. The van der Waals surface area contributed by atoms with E-state index in [4.69, 9.17) is 9.47 Å². The van der Waals surface area contributed by atoms with E-state index in [-0.39, 0.29) is 25.2 Å². The number of aliphatic hydroxyl groups is 1. The van der Waals surface area contributed by atoms with Crippen LogP contribution in [0.5, 0.6) is 0 Å². The SMILES string of the molecule is CCCCC/C=C\C/C=C\CCCCCCCC(=O)O[C@@H](CO)COC(=O)CCCCCCC/C=C\CCCCC. The van der Waals surface area contributed by atoms with Crippen molar-refractivity contribution in [3.8, 4) is 0 Å². The Labute approximate surface area is 253 Å². The Morgan fingerprint density at radius 1 is 0.561 bits per heavy atom. The number of hydrogen-bond donors (Lipinski definition) is 1. The number of rotatable bonds is 30. The molecule has 41 heavy (non-hydrogen) atoms. The summed E-state index contributed by atoms with van der Waals surface area (Å²) in [7, 11) is 0. The van der Waals surface area contributed by atoms with Crippen LogP contribution >= 0.6 is 0 Å². The number of allylic oxidation sites excluding steroid dienone is 6. The Hall–Kier alpha value is -1.88. The lowest BCUT2D eigenvalue weighted by molar-refractivity contribution is -0.161. The molecule has 1 atom stereocenters. The van der Waals surface area contributed by atoms with Crippen molar-refractivity contribution in [2.75, 3.05) is 13.2 Å². The molecule has 0 heterocycles. The number of ether oxygens (including phenoxy) is 2. The summed E-state index contributed by atoms with van der Waals surface area (Å²) in [6.07, 6.45) is 37.6. The monoisotopic (exact) mass is 576 g/mol. The standard InChI is InChI=1S/C36H64O5/c1-3-5-7-9-11-13-15-17-18-19-21-23-25-27-29-31-36(39)41-34(32-37)33-40-35(38)30-28-26-24-22-20-16-14-12-10-8-6-4-2/h11-14,17-18,34,37H,3-10,15-16,19-33H2,1-2H3/b13-11-,14-12-,18-17-/t34-/m0/s1. The van der Waals surface area contributed by atoms with Crippen LogP contribution in [0.15, 0.2) is 36.5 Å². The largest absolute Gasteiger partial charge is 0.462 e. The second kappa shape index (κ2) is 32.6. The van der Waals surface area contributed by atoms with Gasteiger partial charge in [0.2, 0.25) is 0 Å². The zero-order valence-electron chi connectivity index (χ0n) is 26.8. The zero-order valence-corrected chi connectivity index (χ0v) is 26.8. The minimum Gasteiger partial charge on any atom is -0.462 e. The molecule has 238 valence electrons. The van der Waals surface area contributed by atoms with Crippen LogP contribution in [-0.4, -0.2) is 36.4 Å². The van der Waals surface area contributed by atoms with Crippen LogP contribution in [0, 0.1) is 0 Å². The summed E-state index contributed by atoms with van der Waals surface area (Å²) >= 11 is 0. The van der Waals surface area contributed by atoms with Crippen LogP contribution in [0.2, 0.25) is 0 Å². The molecule has 0 aromatic rings. The van der Waals surface area contributed by atoms with E-state index in [1.165, 1.54) is 70.6 Å². The van der Waals surface area contributed by atoms with Crippen molar-refractivity contribution in [3.63, 3.8) is 0 Å². The summed E-state index contributed by atoms with van der Waals surface area (Å²) in [5.41, 5.74) is 0. The van der Waals surface area contributed by atoms with Gasteiger partial charge in [-0.25, -0.2) is 0 Å². The number of esters is 2. The predicted octanol–water partition coefficient (Wildman–Crippen LogP) is 10.1. The fourth-order valence-electron chi connectivity index (χ4n) is 4.52. The van der Waals surface area contributed by atoms with Crippen LogP contribution < -0.4 is 0 Å². The molecule has 5 nitrogen and oxygen atoms in total. The molecule has 0 amide bonds. The minimum absolute atomic E-state index is 0.0756. The Morgan fingerprint density at radius 3 is 1.46 bits per heavy atom. The fraction of sp³-hybridized carbons (Fsp3) is 0.778. The first-order chi connectivity index (χ1) is 20.1. The molecule has 0 aliphatic rings. The summed E-state index contributed by atoms with van der Waals surface area (Å²) in [5, 5.41) is 9.50. The van der Waals surface area contributed by atoms with E-state index in [1.807, 2.05) is 0 Å². The average Bonchev–Trinajstić information content (AvgIpc) is 2.97. The first kappa shape index (κ1) is 39.1. The van der Waals surface area contributed by atoms with Crippen molar-refractivity contribution in [2.45, 2.75) is 168 Å². The first-order valence-corrected chi connectivity index (χ1v) is 17.0. The van der Waals surface area contributed by atoms with Crippen molar-refractivity contribution < 1.29 is 24.2 Å². The Morgan fingerprint density at radius 2 is 0.976 bits per heavy atom. The molecule has 0 aromatic heterocycles. The second-order valence-electron chi connectivity index (χ2n) is 11.2. The smallest absolute Gasteiger partial charge is 0.306 e. The molecule has 0 saturated carbocycles. The van der Waals surface area contributed by atoms with Gasteiger partial charge in [-0.15, -0.1) is 0 Å². The van der Waals surface area contributed by atoms with Crippen molar-refractivity contribution in [3.05, 3.63) is 36.5 Å². The van der Waals surface area contributed by atoms with E-state index in [0.29, 0.717) is 12.8 Å². The number of carbonyl (C=O) groups is 2. The number of hydrogen-bond acceptors (Lipinski definition) is 5. The van der Waals surface area contributed by atoms with E-state index in [1.54, 1.807) is 0 Å². The maximum atomic E-state index is 12.1. The molecular weight excluding hydrogens is 512 g/mol. The second-order valence-corrected chi connectivity index (χ2v) is 11.2. The van der Waals surface area contributed by atoms with Crippen molar-refractivity contribution in [1.29, 1.82) is 0 Å². The molecular formula is C36H64O5. The summed E-state index contributed by atoms with van der Waals surface area (Å²) in [4.78, 5) is 24.1. The van der Waals surface area contributed by atoms with Crippen LogP contribution in [0.25, 0.3) is 0 Å². The Kier molecular flexibility index (Phi) is 31.1. The van der Waals surface area contributed by atoms with Gasteiger partial charge in [-0.1, -0.05) is 115 Å². The molecule has 1 N–H and O–H groups in total. The highest BCUT2D eigenvalue weighted by Crippen LogP contribution is 2.11. The van der Waals surface area contributed by atoms with Gasteiger partial charge in [-0.2, -0.15) is 0 Å². The van der Waals surface area contributed by atoms with Gasteiger partial charge >= 0.3 is 11.9 Å².